The van der Waals surface area contributed by atoms with Crippen LogP contribution < -0.4 is 4.74 Å². The monoisotopic (exact) mass is 406 g/mol. The van der Waals surface area contributed by atoms with Gasteiger partial charge in [0.1, 0.15) is 23.6 Å². The number of carbonyl (C=O) groups excluding carboxylic acids is 1. The van der Waals surface area contributed by atoms with Crippen molar-refractivity contribution in [2.45, 2.75) is 11.1 Å². The first kappa shape index (κ1) is 20.3. The Balaban J connectivity index is 1.64. The Labute approximate surface area is 166 Å². The van der Waals surface area contributed by atoms with Crippen LogP contribution in [0.3, 0.4) is 0 Å². The van der Waals surface area contributed by atoms with Crippen molar-refractivity contribution in [2.24, 2.45) is 0 Å². The van der Waals surface area contributed by atoms with Gasteiger partial charge in [0.15, 0.2) is 11.6 Å². The summed E-state index contributed by atoms with van der Waals surface area (Å²) < 4.78 is 37.9. The van der Waals surface area contributed by atoms with Crippen LogP contribution in [0.4, 0.5) is 8.78 Å². The summed E-state index contributed by atoms with van der Waals surface area (Å²) in [4.78, 5) is 18.9. The SMILES string of the molecule is C=CCSc1ncccc1C(=O)N1CCOC(COc2cc(F)ccc2F)C1. The fraction of sp³-hybridized carbons (Fsp3) is 0.300. The van der Waals surface area contributed by atoms with Crippen molar-refractivity contribution in [1.29, 1.82) is 0 Å². The van der Waals surface area contributed by atoms with E-state index in [1.165, 1.54) is 11.8 Å². The largest absolute Gasteiger partial charge is 0.488 e. The summed E-state index contributed by atoms with van der Waals surface area (Å²) in [6.07, 6.45) is 2.95. The van der Waals surface area contributed by atoms with Gasteiger partial charge in [-0.25, -0.2) is 13.8 Å². The predicted molar refractivity (Wildman–Crippen MR) is 103 cm³/mol. The Hall–Kier alpha value is -2.45. The van der Waals surface area contributed by atoms with E-state index in [1.807, 2.05) is 0 Å². The maximum absolute atomic E-state index is 13.7. The highest BCUT2D eigenvalue weighted by Crippen LogP contribution is 2.23. The van der Waals surface area contributed by atoms with Crippen molar-refractivity contribution in [3.05, 3.63) is 66.4 Å². The first-order chi connectivity index (χ1) is 13.6. The highest BCUT2D eigenvalue weighted by Gasteiger charge is 2.27. The number of thioether (sulfide) groups is 1. The third kappa shape index (κ3) is 5.08. The van der Waals surface area contributed by atoms with Crippen LogP contribution in [-0.4, -0.2) is 54.0 Å². The molecule has 0 spiro atoms. The third-order valence-electron chi connectivity index (χ3n) is 4.08. The van der Waals surface area contributed by atoms with Gasteiger partial charge in [-0.2, -0.15) is 0 Å². The minimum Gasteiger partial charge on any atom is -0.488 e. The molecule has 1 amide bonds. The fourth-order valence-corrected chi connectivity index (χ4v) is 3.47. The minimum absolute atomic E-state index is 0.00919. The van der Waals surface area contributed by atoms with Gasteiger partial charge in [-0.15, -0.1) is 18.3 Å². The molecular formula is C20H20F2N2O3S. The second-order valence-corrected chi connectivity index (χ2v) is 7.09. The van der Waals surface area contributed by atoms with Crippen LogP contribution in [0.2, 0.25) is 0 Å². The standard InChI is InChI=1S/C20H20F2N2O3S/c1-2-10-28-19-16(4-3-7-23-19)20(25)24-8-9-26-15(12-24)13-27-18-11-14(21)5-6-17(18)22/h2-7,11,15H,1,8-10,12-13H2. The summed E-state index contributed by atoms with van der Waals surface area (Å²) in [5.74, 6) is -0.911. The number of amides is 1. The number of hydrogen-bond donors (Lipinski definition) is 0. The highest BCUT2D eigenvalue weighted by molar-refractivity contribution is 7.99. The zero-order valence-electron chi connectivity index (χ0n) is 15.1. The number of rotatable bonds is 7. The summed E-state index contributed by atoms with van der Waals surface area (Å²) in [5.41, 5.74) is 0.520. The van der Waals surface area contributed by atoms with Crippen LogP contribution in [0, 0.1) is 11.6 Å². The van der Waals surface area contributed by atoms with Crippen LogP contribution >= 0.6 is 11.8 Å². The van der Waals surface area contributed by atoms with Crippen LogP contribution in [0.25, 0.3) is 0 Å². The number of aromatic nitrogens is 1. The third-order valence-corrected chi connectivity index (χ3v) is 5.08. The molecule has 0 N–H and O–H groups in total. The summed E-state index contributed by atoms with van der Waals surface area (Å²) in [5, 5.41) is 0.647. The first-order valence-corrected chi connectivity index (χ1v) is 9.74. The molecule has 1 aromatic heterocycles. The van der Waals surface area contributed by atoms with Crippen LogP contribution in [0.1, 0.15) is 10.4 Å². The molecule has 1 aliphatic rings. The molecule has 1 atom stereocenters. The molecule has 2 heterocycles. The highest BCUT2D eigenvalue weighted by atomic mass is 32.2. The smallest absolute Gasteiger partial charge is 0.256 e. The molecule has 1 aliphatic heterocycles. The van der Waals surface area contributed by atoms with E-state index in [2.05, 4.69) is 11.6 Å². The molecule has 148 valence electrons. The van der Waals surface area contributed by atoms with Gasteiger partial charge >= 0.3 is 0 Å². The second-order valence-electron chi connectivity index (χ2n) is 6.09. The van der Waals surface area contributed by atoms with Crippen molar-refractivity contribution >= 4 is 17.7 Å². The van der Waals surface area contributed by atoms with Crippen LogP contribution in [-0.2, 0) is 4.74 Å². The van der Waals surface area contributed by atoms with Crippen LogP contribution in [0.15, 0.2) is 54.2 Å². The first-order valence-electron chi connectivity index (χ1n) is 8.76. The van der Waals surface area contributed by atoms with E-state index >= 15 is 0 Å². The van der Waals surface area contributed by atoms with Crippen molar-refractivity contribution in [3.8, 4) is 5.75 Å². The van der Waals surface area contributed by atoms with Gasteiger partial charge in [0.2, 0.25) is 0 Å². The van der Waals surface area contributed by atoms with E-state index in [9.17, 15) is 13.6 Å². The van der Waals surface area contributed by atoms with Gasteiger partial charge in [-0.3, -0.25) is 4.79 Å². The van der Waals surface area contributed by atoms with Crippen molar-refractivity contribution in [2.75, 3.05) is 32.1 Å². The minimum atomic E-state index is -0.649. The van der Waals surface area contributed by atoms with Crippen molar-refractivity contribution in [3.63, 3.8) is 0 Å². The summed E-state index contributed by atoms with van der Waals surface area (Å²) >= 11 is 1.44. The molecule has 3 rings (SSSR count). The van der Waals surface area contributed by atoms with Gasteiger partial charge in [-0.1, -0.05) is 6.08 Å². The maximum Gasteiger partial charge on any atom is 0.256 e. The number of hydrogen-bond acceptors (Lipinski definition) is 5. The lowest BCUT2D eigenvalue weighted by Crippen LogP contribution is -2.47. The quantitative estimate of drug-likeness (QED) is 0.520. The van der Waals surface area contributed by atoms with Crippen molar-refractivity contribution < 1.29 is 23.0 Å². The van der Waals surface area contributed by atoms with E-state index in [4.69, 9.17) is 9.47 Å². The normalized spacial score (nSPS) is 16.6. The van der Waals surface area contributed by atoms with Gasteiger partial charge in [0.25, 0.3) is 5.91 Å². The second kappa shape index (κ2) is 9.66. The molecule has 0 saturated carbocycles. The predicted octanol–water partition coefficient (Wildman–Crippen LogP) is 3.56. The molecule has 1 saturated heterocycles. The van der Waals surface area contributed by atoms with E-state index in [0.717, 1.165) is 18.2 Å². The van der Waals surface area contributed by atoms with Gasteiger partial charge in [-0.05, 0) is 24.3 Å². The van der Waals surface area contributed by atoms with Gasteiger partial charge in [0.05, 0.1) is 18.7 Å². The van der Waals surface area contributed by atoms with Crippen LogP contribution in [0.5, 0.6) is 5.75 Å². The summed E-state index contributed by atoms with van der Waals surface area (Å²) in [6.45, 7) is 4.75. The molecule has 1 unspecified atom stereocenters. The number of nitrogens with zero attached hydrogens (tertiary/aromatic N) is 2. The number of benzene rings is 1. The number of halogens is 2. The van der Waals surface area contributed by atoms with E-state index in [-0.39, 0.29) is 24.8 Å². The topological polar surface area (TPSA) is 51.7 Å². The molecule has 5 nitrogen and oxygen atoms in total. The Morgan fingerprint density at radius 2 is 2.29 bits per heavy atom. The zero-order chi connectivity index (χ0) is 19.9. The Morgan fingerprint density at radius 1 is 1.43 bits per heavy atom. The molecule has 1 fully saturated rings. The summed E-state index contributed by atoms with van der Waals surface area (Å²) in [7, 11) is 0. The lowest BCUT2D eigenvalue weighted by Gasteiger charge is -2.33. The Bertz CT molecular complexity index is 850. The molecule has 2 aromatic rings. The zero-order valence-corrected chi connectivity index (χ0v) is 16.0. The van der Waals surface area contributed by atoms with Gasteiger partial charge in [0, 0.05) is 24.6 Å². The molecular weight excluding hydrogens is 386 g/mol. The Kier molecular flexibility index (Phi) is 7.00. The number of pyridine rings is 1. The lowest BCUT2D eigenvalue weighted by molar-refractivity contribution is -0.0407. The number of morpholine rings is 1. The van der Waals surface area contributed by atoms with E-state index in [0.29, 0.717) is 29.5 Å². The van der Waals surface area contributed by atoms with Crippen molar-refractivity contribution in [1.82, 2.24) is 9.88 Å². The maximum atomic E-state index is 13.7. The molecule has 8 heteroatoms. The van der Waals surface area contributed by atoms with E-state index < -0.39 is 17.7 Å². The number of ether oxygens (including phenoxy) is 2. The van der Waals surface area contributed by atoms with Gasteiger partial charge < -0.3 is 14.4 Å². The molecule has 28 heavy (non-hydrogen) atoms. The average Bonchev–Trinajstić information content (AvgIpc) is 2.73. The molecule has 0 aliphatic carbocycles. The van der Waals surface area contributed by atoms with E-state index in [1.54, 1.807) is 29.3 Å². The average molecular weight is 406 g/mol. The summed E-state index contributed by atoms with van der Waals surface area (Å²) in [6, 6.07) is 6.48. The Morgan fingerprint density at radius 3 is 3.11 bits per heavy atom. The molecule has 0 bridgehead atoms. The number of carbonyl (C=O) groups is 1. The fourth-order valence-electron chi connectivity index (χ4n) is 2.75. The molecule has 0 radical (unpaired) electrons. The lowest BCUT2D eigenvalue weighted by atomic mass is 10.2. The molecule has 1 aromatic carbocycles.